The minimum absolute atomic E-state index is 0.0804. The molecule has 4 rings (SSSR count). The third-order valence-corrected chi connectivity index (χ3v) is 9.38. The molecule has 0 aliphatic rings. The van der Waals surface area contributed by atoms with Crippen LogP contribution in [0.3, 0.4) is 0 Å². The Kier molecular flexibility index (Phi) is 11.1. The molecule has 0 heterocycles. The van der Waals surface area contributed by atoms with Crippen LogP contribution in [-0.4, -0.2) is 44.3 Å². The predicted octanol–water partition coefficient (Wildman–Crippen LogP) is 5.98. The Morgan fingerprint density at radius 2 is 1.44 bits per heavy atom. The van der Waals surface area contributed by atoms with Crippen molar-refractivity contribution < 1.29 is 18.0 Å². The van der Waals surface area contributed by atoms with E-state index in [1.807, 2.05) is 80.6 Å². The van der Waals surface area contributed by atoms with Crippen molar-refractivity contribution in [3.05, 3.63) is 130 Å². The third-order valence-electron chi connectivity index (χ3n) is 7.12. The minimum Gasteiger partial charge on any atom is -0.355 e. The normalized spacial score (nSPS) is 11.9. The molecule has 0 aliphatic carbocycles. The summed E-state index contributed by atoms with van der Waals surface area (Å²) in [6, 6.07) is 31.4. The second-order valence-corrected chi connectivity index (χ2v) is 12.8. The molecule has 4 aromatic rings. The number of hydrogen-bond acceptors (Lipinski definition) is 4. The van der Waals surface area contributed by atoms with Crippen molar-refractivity contribution in [2.45, 2.75) is 44.2 Å². The van der Waals surface area contributed by atoms with Crippen LogP contribution in [-0.2, 0) is 39.0 Å². The van der Waals surface area contributed by atoms with E-state index in [0.717, 1.165) is 21.2 Å². The smallest absolute Gasteiger partial charge is 0.264 e. The Morgan fingerprint density at radius 1 is 0.814 bits per heavy atom. The van der Waals surface area contributed by atoms with Gasteiger partial charge in [-0.15, -0.1) is 0 Å². The Labute approximate surface area is 262 Å². The van der Waals surface area contributed by atoms with Crippen LogP contribution in [0.2, 0.25) is 0 Å². The van der Waals surface area contributed by atoms with Gasteiger partial charge < -0.3 is 10.2 Å². The van der Waals surface area contributed by atoms with Crippen molar-refractivity contribution in [3.8, 4) is 0 Å². The Balaban J connectivity index is 1.82. The topological polar surface area (TPSA) is 86.8 Å². The molecule has 0 unspecified atom stereocenters. The van der Waals surface area contributed by atoms with Crippen molar-refractivity contribution >= 4 is 43.5 Å². The fourth-order valence-corrected chi connectivity index (χ4v) is 6.88. The summed E-state index contributed by atoms with van der Waals surface area (Å²) in [7, 11) is -4.13. The summed E-state index contributed by atoms with van der Waals surface area (Å²) >= 11 is 3.50. The van der Waals surface area contributed by atoms with Crippen molar-refractivity contribution in [2.75, 3.05) is 17.4 Å². The molecule has 0 spiro atoms. The highest BCUT2D eigenvalue weighted by molar-refractivity contribution is 9.10. The molecular formula is C34H36BrN3O4S. The molecule has 0 aliphatic heterocycles. The van der Waals surface area contributed by atoms with Crippen LogP contribution in [0.5, 0.6) is 0 Å². The summed E-state index contributed by atoms with van der Waals surface area (Å²) in [5, 5.41) is 2.88. The molecule has 43 heavy (non-hydrogen) atoms. The van der Waals surface area contributed by atoms with Gasteiger partial charge >= 0.3 is 0 Å². The molecule has 1 N–H and O–H groups in total. The van der Waals surface area contributed by atoms with Gasteiger partial charge in [-0.25, -0.2) is 8.42 Å². The second-order valence-electron chi connectivity index (χ2n) is 10.1. The lowest BCUT2D eigenvalue weighted by molar-refractivity contribution is -0.140. The van der Waals surface area contributed by atoms with Crippen LogP contribution in [0.4, 0.5) is 5.69 Å². The number of amides is 2. The molecule has 0 radical (unpaired) electrons. The summed E-state index contributed by atoms with van der Waals surface area (Å²) in [6.45, 7) is 3.79. The van der Waals surface area contributed by atoms with Crippen molar-refractivity contribution in [3.63, 3.8) is 0 Å². The van der Waals surface area contributed by atoms with Gasteiger partial charge in [0.1, 0.15) is 12.6 Å². The quantitative estimate of drug-likeness (QED) is 0.191. The molecule has 7 nitrogen and oxygen atoms in total. The number of sulfonamides is 1. The second kappa shape index (κ2) is 15.0. The molecule has 0 saturated carbocycles. The number of benzene rings is 4. The first-order chi connectivity index (χ1) is 20.7. The van der Waals surface area contributed by atoms with Gasteiger partial charge in [-0.2, -0.15) is 0 Å². The summed E-state index contributed by atoms with van der Waals surface area (Å²) in [6.07, 6.45) is 0.839. The molecule has 0 bridgehead atoms. The van der Waals surface area contributed by atoms with E-state index in [9.17, 15) is 18.0 Å². The van der Waals surface area contributed by atoms with Gasteiger partial charge in [-0.05, 0) is 60.4 Å². The number of likely N-dealkylation sites (N-methyl/N-ethyl adjacent to an activating group) is 1. The van der Waals surface area contributed by atoms with Crippen LogP contribution >= 0.6 is 15.9 Å². The lowest BCUT2D eigenvalue weighted by Crippen LogP contribution is -2.53. The van der Waals surface area contributed by atoms with E-state index in [0.29, 0.717) is 18.7 Å². The zero-order valence-corrected chi connectivity index (χ0v) is 26.7. The molecule has 1 atom stereocenters. The van der Waals surface area contributed by atoms with Crippen LogP contribution < -0.4 is 9.62 Å². The van der Waals surface area contributed by atoms with Crippen LogP contribution in [0.25, 0.3) is 0 Å². The van der Waals surface area contributed by atoms with Crippen molar-refractivity contribution in [1.29, 1.82) is 0 Å². The summed E-state index contributed by atoms with van der Waals surface area (Å²) in [5.74, 6) is -0.793. The number of halogens is 1. The van der Waals surface area contributed by atoms with E-state index in [-0.39, 0.29) is 23.8 Å². The lowest BCUT2D eigenvalue weighted by atomic mass is 10.0. The number of aryl methyl sites for hydroxylation is 1. The number of para-hydroxylation sites is 1. The first kappa shape index (κ1) is 32.0. The zero-order chi connectivity index (χ0) is 30.8. The van der Waals surface area contributed by atoms with E-state index >= 15 is 0 Å². The maximum Gasteiger partial charge on any atom is 0.264 e. The summed E-state index contributed by atoms with van der Waals surface area (Å²) in [5.41, 5.74) is 2.91. The third kappa shape index (κ3) is 8.12. The zero-order valence-electron chi connectivity index (χ0n) is 24.3. The standard InChI is InChI=1S/C34H36BrN3O4S/c1-3-28-17-11-12-21-31(28)38(43(41,42)30-19-9-6-10-20-30)25-33(39)37(24-27-16-13-18-29(35)22-27)32(34(40)36-4-2)23-26-14-7-5-8-15-26/h5-22,32H,3-4,23-25H2,1-2H3,(H,36,40)/t32-/m0/s1. The van der Waals surface area contributed by atoms with E-state index in [2.05, 4.69) is 21.2 Å². The van der Waals surface area contributed by atoms with Crippen molar-refractivity contribution in [1.82, 2.24) is 10.2 Å². The highest BCUT2D eigenvalue weighted by atomic mass is 79.9. The largest absolute Gasteiger partial charge is 0.355 e. The van der Waals surface area contributed by atoms with Gasteiger partial charge in [-0.1, -0.05) is 102 Å². The number of rotatable bonds is 13. The fourth-order valence-electron chi connectivity index (χ4n) is 4.96. The van der Waals surface area contributed by atoms with Crippen LogP contribution in [0.15, 0.2) is 119 Å². The molecule has 224 valence electrons. The van der Waals surface area contributed by atoms with E-state index in [1.54, 1.807) is 30.3 Å². The maximum atomic E-state index is 14.5. The van der Waals surface area contributed by atoms with Crippen molar-refractivity contribution in [2.24, 2.45) is 0 Å². The average molecular weight is 663 g/mol. The molecular weight excluding hydrogens is 626 g/mol. The maximum absolute atomic E-state index is 14.5. The van der Waals surface area contributed by atoms with Gasteiger partial charge in [0.25, 0.3) is 10.0 Å². The highest BCUT2D eigenvalue weighted by Crippen LogP contribution is 2.28. The SMILES string of the molecule is CCNC(=O)[C@H](Cc1ccccc1)N(Cc1cccc(Br)c1)C(=O)CN(c1ccccc1CC)S(=O)(=O)c1ccccc1. The molecule has 2 amide bonds. The molecule has 0 saturated heterocycles. The first-order valence-electron chi connectivity index (χ1n) is 14.3. The molecule has 0 fully saturated rings. The number of hydrogen-bond donors (Lipinski definition) is 1. The number of nitrogens with one attached hydrogen (secondary N) is 1. The monoisotopic (exact) mass is 661 g/mol. The summed E-state index contributed by atoms with van der Waals surface area (Å²) < 4.78 is 30.3. The number of nitrogens with zero attached hydrogens (tertiary/aromatic N) is 2. The van der Waals surface area contributed by atoms with Gasteiger partial charge in [0.15, 0.2) is 0 Å². The van der Waals surface area contributed by atoms with Crippen LogP contribution in [0.1, 0.15) is 30.5 Å². The number of anilines is 1. The van der Waals surface area contributed by atoms with Gasteiger partial charge in [0.2, 0.25) is 11.8 Å². The number of carbonyl (C=O) groups excluding carboxylic acids is 2. The Hall–Kier alpha value is -3.95. The van der Waals surface area contributed by atoms with E-state index < -0.39 is 28.5 Å². The average Bonchev–Trinajstić information content (AvgIpc) is 3.02. The summed E-state index contributed by atoms with van der Waals surface area (Å²) in [4.78, 5) is 29.6. The van der Waals surface area contributed by atoms with E-state index in [1.165, 1.54) is 21.3 Å². The Bertz CT molecular complexity index is 1630. The minimum atomic E-state index is -4.13. The van der Waals surface area contributed by atoms with E-state index in [4.69, 9.17) is 0 Å². The Morgan fingerprint density at radius 3 is 2.09 bits per heavy atom. The fraction of sp³-hybridized carbons (Fsp3) is 0.235. The van der Waals surface area contributed by atoms with Gasteiger partial charge in [0, 0.05) is 24.0 Å². The number of carbonyl (C=O) groups is 2. The lowest BCUT2D eigenvalue weighted by Gasteiger charge is -2.34. The molecule has 4 aromatic carbocycles. The van der Waals surface area contributed by atoms with Gasteiger partial charge in [-0.3, -0.25) is 13.9 Å². The molecule has 9 heteroatoms. The van der Waals surface area contributed by atoms with Crippen LogP contribution in [0, 0.1) is 0 Å². The molecule has 0 aromatic heterocycles. The van der Waals surface area contributed by atoms with Gasteiger partial charge in [0.05, 0.1) is 10.6 Å². The predicted molar refractivity (Wildman–Crippen MR) is 174 cm³/mol. The first-order valence-corrected chi connectivity index (χ1v) is 16.5. The highest BCUT2D eigenvalue weighted by Gasteiger charge is 2.35.